The van der Waals surface area contributed by atoms with Gasteiger partial charge in [0.2, 0.25) is 11.8 Å². The molecule has 6 heteroatoms. The predicted octanol–water partition coefficient (Wildman–Crippen LogP) is -1.06. The Bertz CT molecular complexity index is 294. The molecule has 2 unspecified atom stereocenters. The molecule has 0 saturated carbocycles. The molecule has 2 amide bonds. The Morgan fingerprint density at radius 1 is 1.47 bits per heavy atom. The zero-order chi connectivity index (χ0) is 13.0. The highest BCUT2D eigenvalue weighted by molar-refractivity contribution is 5.86. The Hall–Kier alpha value is -1.14. The van der Waals surface area contributed by atoms with E-state index in [2.05, 4.69) is 5.32 Å². The number of hydrogen-bond acceptors (Lipinski definition) is 4. The van der Waals surface area contributed by atoms with Crippen molar-refractivity contribution < 1.29 is 14.3 Å². The van der Waals surface area contributed by atoms with Gasteiger partial charge in [0.05, 0.1) is 25.7 Å². The van der Waals surface area contributed by atoms with Gasteiger partial charge in [0.15, 0.2) is 0 Å². The summed E-state index contributed by atoms with van der Waals surface area (Å²) < 4.78 is 5.29. The van der Waals surface area contributed by atoms with Gasteiger partial charge in [0.25, 0.3) is 0 Å². The first kappa shape index (κ1) is 13.9. The van der Waals surface area contributed by atoms with Crippen molar-refractivity contribution in [1.82, 2.24) is 10.2 Å². The highest BCUT2D eigenvalue weighted by Gasteiger charge is 2.36. The van der Waals surface area contributed by atoms with Crippen molar-refractivity contribution in [3.05, 3.63) is 0 Å². The van der Waals surface area contributed by atoms with Crippen LogP contribution in [-0.4, -0.2) is 55.6 Å². The van der Waals surface area contributed by atoms with E-state index in [1.807, 2.05) is 13.8 Å². The number of nitrogens with zero attached hydrogens (tertiary/aromatic N) is 1. The molecule has 0 bridgehead atoms. The molecule has 98 valence electrons. The minimum absolute atomic E-state index is 0.0108. The summed E-state index contributed by atoms with van der Waals surface area (Å²) in [5.41, 5.74) is 5.16. The van der Waals surface area contributed by atoms with Gasteiger partial charge in [-0.1, -0.05) is 0 Å². The third-order valence-electron chi connectivity index (χ3n) is 3.00. The Labute approximate surface area is 101 Å². The zero-order valence-electron chi connectivity index (χ0n) is 10.6. The summed E-state index contributed by atoms with van der Waals surface area (Å²) in [6.45, 7) is 4.61. The fourth-order valence-corrected chi connectivity index (χ4v) is 1.98. The van der Waals surface area contributed by atoms with Crippen molar-refractivity contribution in [1.29, 1.82) is 0 Å². The molecule has 1 heterocycles. The van der Waals surface area contributed by atoms with E-state index in [4.69, 9.17) is 10.5 Å². The van der Waals surface area contributed by atoms with E-state index >= 15 is 0 Å². The van der Waals surface area contributed by atoms with Crippen LogP contribution in [0.2, 0.25) is 0 Å². The minimum atomic E-state index is -0.494. The summed E-state index contributed by atoms with van der Waals surface area (Å²) in [6, 6.07) is -0.0373. The Morgan fingerprint density at radius 3 is 2.59 bits per heavy atom. The largest absolute Gasteiger partial charge is 0.379 e. The predicted molar refractivity (Wildman–Crippen MR) is 63.2 cm³/mol. The topological polar surface area (TPSA) is 84.7 Å². The van der Waals surface area contributed by atoms with Crippen LogP contribution in [0.1, 0.15) is 13.8 Å². The second-order valence-electron chi connectivity index (χ2n) is 4.57. The Balaban J connectivity index is 2.73. The lowest BCUT2D eigenvalue weighted by molar-refractivity contribution is -0.141. The molecule has 3 N–H and O–H groups in total. The van der Waals surface area contributed by atoms with Gasteiger partial charge < -0.3 is 20.7 Å². The van der Waals surface area contributed by atoms with Crippen LogP contribution >= 0.6 is 0 Å². The molecule has 2 atom stereocenters. The van der Waals surface area contributed by atoms with Gasteiger partial charge >= 0.3 is 0 Å². The molecule has 0 aromatic rings. The first-order valence-corrected chi connectivity index (χ1v) is 5.81. The number of likely N-dealkylation sites (N-methyl/N-ethyl adjacent to an activating group) is 1. The summed E-state index contributed by atoms with van der Waals surface area (Å²) >= 11 is 0. The quantitative estimate of drug-likeness (QED) is 0.645. The minimum Gasteiger partial charge on any atom is -0.379 e. The molecule has 6 nitrogen and oxygen atoms in total. The molecule has 0 aromatic carbocycles. The van der Waals surface area contributed by atoms with Crippen molar-refractivity contribution in [2.24, 2.45) is 11.7 Å². The summed E-state index contributed by atoms with van der Waals surface area (Å²) in [7, 11) is 1.80. The second-order valence-corrected chi connectivity index (χ2v) is 4.57. The number of primary amides is 1. The van der Waals surface area contributed by atoms with E-state index in [0.717, 1.165) is 0 Å². The van der Waals surface area contributed by atoms with Crippen LogP contribution in [0, 0.1) is 5.92 Å². The number of carbonyl (C=O) groups is 2. The van der Waals surface area contributed by atoms with E-state index < -0.39 is 5.91 Å². The lowest BCUT2D eigenvalue weighted by Crippen LogP contribution is -2.49. The lowest BCUT2D eigenvalue weighted by Gasteiger charge is -2.29. The summed E-state index contributed by atoms with van der Waals surface area (Å²) in [6.07, 6.45) is 0. The average molecular weight is 243 g/mol. The Morgan fingerprint density at radius 2 is 2.12 bits per heavy atom. The van der Waals surface area contributed by atoms with Crippen LogP contribution in [0.25, 0.3) is 0 Å². The first-order valence-electron chi connectivity index (χ1n) is 5.81. The fourth-order valence-electron chi connectivity index (χ4n) is 1.98. The maximum Gasteiger partial charge on any atom is 0.237 e. The van der Waals surface area contributed by atoms with Crippen LogP contribution in [0.3, 0.4) is 0 Å². The summed E-state index contributed by atoms with van der Waals surface area (Å²) in [5, 5.41) is 3.05. The van der Waals surface area contributed by atoms with Gasteiger partial charge in [-0.2, -0.15) is 0 Å². The van der Waals surface area contributed by atoms with E-state index in [1.165, 1.54) is 4.90 Å². The van der Waals surface area contributed by atoms with Crippen molar-refractivity contribution in [3.8, 4) is 0 Å². The van der Waals surface area contributed by atoms with Crippen molar-refractivity contribution in [2.45, 2.75) is 25.9 Å². The molecule has 1 rings (SSSR count). The standard InChI is InChI=1S/C11H21N3O3/c1-7(2)14(4-10(12)15)11(16)8-5-17-6-9(8)13-3/h7-9,13H,4-6H2,1-3H3,(H2,12,15). The second kappa shape index (κ2) is 5.97. The van der Waals surface area contributed by atoms with Gasteiger partial charge in [-0.3, -0.25) is 9.59 Å². The van der Waals surface area contributed by atoms with Crippen LogP contribution < -0.4 is 11.1 Å². The van der Waals surface area contributed by atoms with Crippen molar-refractivity contribution in [3.63, 3.8) is 0 Å². The van der Waals surface area contributed by atoms with Gasteiger partial charge in [-0.25, -0.2) is 0 Å². The fraction of sp³-hybridized carbons (Fsp3) is 0.818. The molecular weight excluding hydrogens is 222 g/mol. The van der Waals surface area contributed by atoms with Gasteiger partial charge in [0, 0.05) is 12.1 Å². The van der Waals surface area contributed by atoms with Crippen LogP contribution in [-0.2, 0) is 14.3 Å². The zero-order valence-corrected chi connectivity index (χ0v) is 10.6. The van der Waals surface area contributed by atoms with E-state index in [-0.39, 0.29) is 30.5 Å². The number of rotatable bonds is 5. The van der Waals surface area contributed by atoms with Crippen LogP contribution in [0.4, 0.5) is 0 Å². The average Bonchev–Trinajstić information content (AvgIpc) is 2.72. The summed E-state index contributed by atoms with van der Waals surface area (Å²) in [4.78, 5) is 24.8. The highest BCUT2D eigenvalue weighted by Crippen LogP contribution is 2.17. The van der Waals surface area contributed by atoms with Gasteiger partial charge in [0.1, 0.15) is 0 Å². The number of amides is 2. The molecule has 17 heavy (non-hydrogen) atoms. The third-order valence-corrected chi connectivity index (χ3v) is 3.00. The molecule has 1 saturated heterocycles. The van der Waals surface area contributed by atoms with Crippen LogP contribution in [0.15, 0.2) is 0 Å². The van der Waals surface area contributed by atoms with E-state index in [9.17, 15) is 9.59 Å². The summed E-state index contributed by atoms with van der Waals surface area (Å²) in [5.74, 6) is -0.802. The lowest BCUT2D eigenvalue weighted by atomic mass is 10.0. The normalized spacial score (nSPS) is 24.0. The molecule has 1 aliphatic heterocycles. The van der Waals surface area contributed by atoms with Crippen LogP contribution in [0.5, 0.6) is 0 Å². The monoisotopic (exact) mass is 243 g/mol. The number of ether oxygens (including phenoxy) is 1. The van der Waals surface area contributed by atoms with E-state index in [0.29, 0.717) is 13.2 Å². The number of carbonyl (C=O) groups excluding carboxylic acids is 2. The maximum absolute atomic E-state index is 12.3. The number of nitrogens with two attached hydrogens (primary N) is 1. The molecule has 1 aliphatic rings. The third kappa shape index (κ3) is 3.41. The molecule has 0 aromatic heterocycles. The first-order chi connectivity index (χ1) is 7.97. The van der Waals surface area contributed by atoms with Gasteiger partial charge in [-0.15, -0.1) is 0 Å². The molecule has 0 spiro atoms. The molecule has 0 aliphatic carbocycles. The number of hydrogen-bond donors (Lipinski definition) is 2. The number of nitrogens with one attached hydrogen (secondary N) is 1. The van der Waals surface area contributed by atoms with Gasteiger partial charge in [-0.05, 0) is 20.9 Å². The molecule has 1 fully saturated rings. The van der Waals surface area contributed by atoms with Crippen molar-refractivity contribution >= 4 is 11.8 Å². The Kier molecular flexibility index (Phi) is 4.89. The van der Waals surface area contributed by atoms with E-state index in [1.54, 1.807) is 7.05 Å². The smallest absolute Gasteiger partial charge is 0.237 e. The molecule has 0 radical (unpaired) electrons. The van der Waals surface area contributed by atoms with Crippen molar-refractivity contribution in [2.75, 3.05) is 26.8 Å². The SMILES string of the molecule is CNC1COCC1C(=O)N(CC(N)=O)C(C)C. The maximum atomic E-state index is 12.3. The highest BCUT2D eigenvalue weighted by atomic mass is 16.5. The molecular formula is C11H21N3O3.